The summed E-state index contributed by atoms with van der Waals surface area (Å²) in [6.45, 7) is 12.8. The minimum Gasteiger partial charge on any atom is -0.373 e. The molecule has 12 nitrogen and oxygen atoms in total. The Morgan fingerprint density at radius 3 is 1.48 bits per heavy atom. The van der Waals surface area contributed by atoms with E-state index in [1.54, 1.807) is 18.7 Å². The molecule has 0 amide bonds. The third-order valence-corrected chi connectivity index (χ3v) is 4.81. The van der Waals surface area contributed by atoms with Gasteiger partial charge >= 0.3 is 0 Å². The van der Waals surface area contributed by atoms with Gasteiger partial charge < -0.3 is 29.5 Å². The van der Waals surface area contributed by atoms with Crippen LogP contribution in [-0.2, 0) is 14.2 Å². The zero-order chi connectivity index (χ0) is 24.8. The van der Waals surface area contributed by atoms with Gasteiger partial charge in [-0.05, 0) is 40.0 Å². The van der Waals surface area contributed by atoms with Gasteiger partial charge in [0.15, 0.2) is 0 Å². The molecule has 1 aromatic rings. The average molecular weight is 475 g/mol. The monoisotopic (exact) mass is 474 g/mol. The van der Waals surface area contributed by atoms with Crippen LogP contribution >= 0.6 is 0 Å². The lowest BCUT2D eigenvalue weighted by atomic mass is 10.3. The summed E-state index contributed by atoms with van der Waals surface area (Å²) in [6, 6.07) is 0. The highest BCUT2D eigenvalue weighted by Gasteiger charge is 2.28. The molecule has 0 saturated heterocycles. The number of nitrogens with zero attached hydrogens (tertiary/aromatic N) is 6. The molecule has 0 bridgehead atoms. The normalized spacial score (nSPS) is 14.1. The first-order valence-electron chi connectivity index (χ1n) is 11.7. The summed E-state index contributed by atoms with van der Waals surface area (Å²) in [7, 11) is 0. The highest BCUT2D eigenvalue weighted by atomic mass is 16.5. The van der Waals surface area contributed by atoms with Crippen LogP contribution < -0.4 is 14.7 Å². The maximum absolute atomic E-state index is 10.6. The van der Waals surface area contributed by atoms with Crippen LogP contribution in [0.1, 0.15) is 60.8 Å². The van der Waals surface area contributed by atoms with Crippen molar-refractivity contribution < 1.29 is 29.5 Å². The van der Waals surface area contributed by atoms with Crippen molar-refractivity contribution in [3.8, 4) is 0 Å². The van der Waals surface area contributed by atoms with Crippen LogP contribution in [0.5, 0.6) is 0 Å². The molecule has 0 aliphatic heterocycles. The van der Waals surface area contributed by atoms with Gasteiger partial charge in [-0.15, -0.1) is 0 Å². The van der Waals surface area contributed by atoms with E-state index in [1.165, 1.54) is 9.80 Å². The summed E-state index contributed by atoms with van der Waals surface area (Å²) >= 11 is 0. The molecule has 0 aliphatic carbocycles. The smallest absolute Gasteiger partial charge is 0.236 e. The third-order valence-electron chi connectivity index (χ3n) is 4.81. The average Bonchev–Trinajstić information content (AvgIpc) is 2.83. The molecule has 3 unspecified atom stereocenters. The lowest BCUT2D eigenvalue weighted by Crippen LogP contribution is -2.45. The molecule has 12 heteroatoms. The van der Waals surface area contributed by atoms with Gasteiger partial charge in [0.25, 0.3) is 0 Å². The number of ether oxygens (including phenoxy) is 3. The van der Waals surface area contributed by atoms with Gasteiger partial charge in [-0.2, -0.15) is 15.0 Å². The van der Waals surface area contributed by atoms with Crippen molar-refractivity contribution in [1.29, 1.82) is 0 Å². The molecular formula is C21H42N6O6. The van der Waals surface area contributed by atoms with Gasteiger partial charge in [0, 0.05) is 19.8 Å². The first kappa shape index (κ1) is 29.2. The Balaban J connectivity index is 3.64. The van der Waals surface area contributed by atoms with Crippen molar-refractivity contribution >= 4 is 17.8 Å². The fourth-order valence-electron chi connectivity index (χ4n) is 2.83. The van der Waals surface area contributed by atoms with Crippen LogP contribution in [0.4, 0.5) is 17.8 Å². The summed E-state index contributed by atoms with van der Waals surface area (Å²) in [4.78, 5) is 18.1. The topological polar surface area (TPSA) is 137 Å². The molecule has 0 fully saturated rings. The van der Waals surface area contributed by atoms with Crippen molar-refractivity contribution in [2.45, 2.75) is 79.5 Å². The Bertz CT molecular complexity index is 640. The number of aliphatic hydroxyl groups is 3. The fraction of sp³-hybridized carbons (Fsp3) is 0.857. The molecule has 0 radical (unpaired) electrons. The zero-order valence-corrected chi connectivity index (χ0v) is 20.8. The first-order chi connectivity index (χ1) is 15.9. The highest BCUT2D eigenvalue weighted by molar-refractivity contribution is 5.47. The molecule has 33 heavy (non-hydrogen) atoms. The van der Waals surface area contributed by atoms with Gasteiger partial charge in [-0.3, -0.25) is 14.7 Å². The van der Waals surface area contributed by atoms with E-state index in [9.17, 15) is 15.3 Å². The number of aromatic nitrogens is 3. The lowest BCUT2D eigenvalue weighted by Gasteiger charge is -2.34. The Labute approximate surface area is 197 Å². The van der Waals surface area contributed by atoms with Crippen molar-refractivity contribution in [3.63, 3.8) is 0 Å². The number of anilines is 3. The largest absolute Gasteiger partial charge is 0.373 e. The van der Waals surface area contributed by atoms with E-state index in [2.05, 4.69) is 15.0 Å². The van der Waals surface area contributed by atoms with E-state index in [1.807, 2.05) is 27.7 Å². The molecule has 1 heterocycles. The second-order valence-corrected chi connectivity index (χ2v) is 7.18. The maximum Gasteiger partial charge on any atom is 0.236 e. The quantitative estimate of drug-likeness (QED) is 0.266. The molecule has 0 spiro atoms. The predicted octanol–water partition coefficient (Wildman–Crippen LogP) is 1.46. The van der Waals surface area contributed by atoms with Crippen molar-refractivity contribution in [3.05, 3.63) is 0 Å². The second-order valence-electron chi connectivity index (χ2n) is 7.18. The standard InChI is InChI=1S/C21H42N6O6/c1-7-16(28)26(15-33-12-6)20-22-19(25(13-31-10-4)14-32-11-5)23-21(24-20)27(17(29)8-2)18(30)9-3/h16-18,28-30H,7-15H2,1-6H3. The van der Waals surface area contributed by atoms with Crippen LogP contribution in [0.25, 0.3) is 0 Å². The first-order valence-corrected chi connectivity index (χ1v) is 11.7. The lowest BCUT2D eigenvalue weighted by molar-refractivity contribution is 0.0768. The Kier molecular flexibility index (Phi) is 14.1. The van der Waals surface area contributed by atoms with Crippen LogP contribution in [0.3, 0.4) is 0 Å². The summed E-state index contributed by atoms with van der Waals surface area (Å²) in [5.74, 6) is 0.437. The summed E-state index contributed by atoms with van der Waals surface area (Å²) in [6.07, 6.45) is -1.86. The maximum atomic E-state index is 10.6. The molecule has 1 aromatic heterocycles. The SMILES string of the molecule is CCOCN(COCC)c1nc(N(COCC)C(O)CC)nc(N(C(O)CC)C(O)CC)n1. The minimum absolute atomic E-state index is 0.0536. The number of hydrogen-bond acceptors (Lipinski definition) is 12. The molecule has 0 aromatic carbocycles. The molecule has 192 valence electrons. The number of hydrogen-bond donors (Lipinski definition) is 3. The van der Waals surface area contributed by atoms with E-state index in [-0.39, 0.29) is 38.0 Å². The van der Waals surface area contributed by atoms with Crippen molar-refractivity contribution in [1.82, 2.24) is 15.0 Å². The van der Waals surface area contributed by atoms with Crippen LogP contribution in [-0.4, -0.2) is 89.0 Å². The van der Waals surface area contributed by atoms with Crippen LogP contribution in [0, 0.1) is 0 Å². The van der Waals surface area contributed by atoms with Gasteiger partial charge in [0.05, 0.1) is 0 Å². The second kappa shape index (κ2) is 15.9. The van der Waals surface area contributed by atoms with Gasteiger partial charge in [0.1, 0.15) is 38.9 Å². The van der Waals surface area contributed by atoms with Crippen LogP contribution in [0.2, 0.25) is 0 Å². The van der Waals surface area contributed by atoms with Gasteiger partial charge in [0.2, 0.25) is 17.8 Å². The Morgan fingerprint density at radius 2 is 1.03 bits per heavy atom. The van der Waals surface area contributed by atoms with E-state index in [4.69, 9.17) is 14.2 Å². The predicted molar refractivity (Wildman–Crippen MR) is 126 cm³/mol. The third kappa shape index (κ3) is 8.80. The summed E-state index contributed by atoms with van der Waals surface area (Å²) < 4.78 is 16.7. The van der Waals surface area contributed by atoms with Gasteiger partial charge in [-0.25, -0.2) is 0 Å². The number of aliphatic hydroxyl groups excluding tert-OH is 3. The molecule has 3 N–H and O–H groups in total. The summed E-state index contributed by atoms with van der Waals surface area (Å²) in [5.41, 5.74) is 0. The molecular weight excluding hydrogens is 432 g/mol. The van der Waals surface area contributed by atoms with E-state index in [0.717, 1.165) is 0 Å². The van der Waals surface area contributed by atoms with Gasteiger partial charge in [-0.1, -0.05) is 20.8 Å². The fourth-order valence-corrected chi connectivity index (χ4v) is 2.83. The Hall–Kier alpha value is -1.83. The number of rotatable bonds is 18. The van der Waals surface area contributed by atoms with E-state index >= 15 is 0 Å². The molecule has 3 atom stereocenters. The molecule has 0 aliphatic rings. The van der Waals surface area contributed by atoms with Crippen molar-refractivity contribution in [2.24, 2.45) is 0 Å². The van der Waals surface area contributed by atoms with Crippen molar-refractivity contribution in [2.75, 3.05) is 54.7 Å². The summed E-state index contributed by atoms with van der Waals surface area (Å²) in [5, 5.41) is 31.9. The Morgan fingerprint density at radius 1 is 0.606 bits per heavy atom. The minimum atomic E-state index is -1.02. The molecule has 0 saturated carbocycles. The van der Waals surface area contributed by atoms with Crippen LogP contribution in [0.15, 0.2) is 0 Å². The molecule has 1 rings (SSSR count). The zero-order valence-electron chi connectivity index (χ0n) is 20.8. The van der Waals surface area contributed by atoms with E-state index in [0.29, 0.717) is 39.1 Å². The highest BCUT2D eigenvalue weighted by Crippen LogP contribution is 2.24. The van der Waals surface area contributed by atoms with E-state index < -0.39 is 18.7 Å².